The van der Waals surface area contributed by atoms with Crippen molar-refractivity contribution < 1.29 is 14.3 Å². The highest BCUT2D eigenvalue weighted by Gasteiger charge is 2.12. The van der Waals surface area contributed by atoms with Crippen LogP contribution >= 0.6 is 0 Å². The van der Waals surface area contributed by atoms with Crippen LogP contribution in [0, 0.1) is 0 Å². The van der Waals surface area contributed by atoms with Crippen LogP contribution in [-0.2, 0) is 9.53 Å². The van der Waals surface area contributed by atoms with Crippen molar-refractivity contribution >= 4 is 11.5 Å². The molecule has 2 rings (SSSR count). The zero-order valence-electron chi connectivity index (χ0n) is 13.4. The van der Waals surface area contributed by atoms with Crippen LogP contribution < -0.4 is 4.74 Å². The third-order valence-corrected chi connectivity index (χ3v) is 3.58. The van der Waals surface area contributed by atoms with E-state index < -0.39 is 0 Å². The highest BCUT2D eigenvalue weighted by molar-refractivity contribution is 5.83. The summed E-state index contributed by atoms with van der Waals surface area (Å²) in [6.45, 7) is 6.86. The van der Waals surface area contributed by atoms with E-state index in [-0.39, 0.29) is 5.97 Å². The van der Waals surface area contributed by atoms with E-state index in [9.17, 15) is 4.79 Å². The van der Waals surface area contributed by atoms with Crippen LogP contribution in [0.3, 0.4) is 0 Å². The Morgan fingerprint density at radius 2 is 2.14 bits per heavy atom. The molecule has 1 aliphatic rings. The Hall–Kier alpha value is -2.29. The van der Waals surface area contributed by atoms with Gasteiger partial charge in [-0.05, 0) is 43.6 Å². The first-order valence-electron chi connectivity index (χ1n) is 7.57. The number of allylic oxidation sites excluding steroid dienone is 4. The van der Waals surface area contributed by atoms with E-state index in [0.717, 1.165) is 23.3 Å². The van der Waals surface area contributed by atoms with Crippen molar-refractivity contribution in [1.82, 2.24) is 0 Å². The SMILES string of the molecule is CCOC(=O)/C=C(C)/C=C/C1=C(C)c2ccccc2OCC1. The fourth-order valence-corrected chi connectivity index (χ4v) is 2.39. The Kier molecular flexibility index (Phi) is 5.59. The van der Waals surface area contributed by atoms with Gasteiger partial charge >= 0.3 is 5.97 Å². The number of carbonyl (C=O) groups excluding carboxylic acids is 1. The summed E-state index contributed by atoms with van der Waals surface area (Å²) in [6.07, 6.45) is 6.37. The highest BCUT2D eigenvalue weighted by atomic mass is 16.5. The Labute approximate surface area is 131 Å². The average molecular weight is 298 g/mol. The van der Waals surface area contributed by atoms with Gasteiger partial charge < -0.3 is 9.47 Å². The lowest BCUT2D eigenvalue weighted by atomic mass is 9.99. The van der Waals surface area contributed by atoms with E-state index in [2.05, 4.69) is 19.1 Å². The van der Waals surface area contributed by atoms with Crippen LogP contribution in [0.5, 0.6) is 5.75 Å². The lowest BCUT2D eigenvalue weighted by Crippen LogP contribution is -1.99. The minimum atomic E-state index is -0.301. The maximum atomic E-state index is 11.4. The lowest BCUT2D eigenvalue weighted by Gasteiger charge is -2.07. The van der Waals surface area contributed by atoms with Gasteiger partial charge in [0.25, 0.3) is 0 Å². The van der Waals surface area contributed by atoms with E-state index in [1.165, 1.54) is 17.2 Å². The molecular formula is C19H22O3. The minimum Gasteiger partial charge on any atom is -0.493 e. The number of carbonyl (C=O) groups is 1. The molecule has 0 saturated heterocycles. The molecule has 0 radical (unpaired) electrons. The van der Waals surface area contributed by atoms with Gasteiger partial charge in [-0.3, -0.25) is 0 Å². The predicted molar refractivity (Wildman–Crippen MR) is 88.7 cm³/mol. The Morgan fingerprint density at radius 1 is 1.36 bits per heavy atom. The van der Waals surface area contributed by atoms with Crippen molar-refractivity contribution in [2.45, 2.75) is 27.2 Å². The van der Waals surface area contributed by atoms with Gasteiger partial charge in [-0.2, -0.15) is 0 Å². The normalized spacial score (nSPS) is 15.3. The van der Waals surface area contributed by atoms with Crippen molar-refractivity contribution in [3.63, 3.8) is 0 Å². The summed E-state index contributed by atoms with van der Waals surface area (Å²) in [5.41, 5.74) is 4.44. The molecule has 0 amide bonds. The summed E-state index contributed by atoms with van der Waals surface area (Å²) in [5, 5.41) is 0. The second-order valence-electron chi connectivity index (χ2n) is 5.22. The van der Waals surface area contributed by atoms with E-state index in [1.807, 2.05) is 31.2 Å². The molecule has 1 aliphatic heterocycles. The van der Waals surface area contributed by atoms with Gasteiger partial charge in [-0.1, -0.05) is 30.4 Å². The molecule has 0 fully saturated rings. The molecule has 0 N–H and O–H groups in total. The molecule has 1 aromatic rings. The fourth-order valence-electron chi connectivity index (χ4n) is 2.39. The molecule has 0 aliphatic carbocycles. The summed E-state index contributed by atoms with van der Waals surface area (Å²) in [7, 11) is 0. The average Bonchev–Trinajstić information content (AvgIpc) is 2.65. The number of rotatable bonds is 4. The third kappa shape index (κ3) is 4.10. The Morgan fingerprint density at radius 3 is 2.91 bits per heavy atom. The molecule has 0 atom stereocenters. The highest BCUT2D eigenvalue weighted by Crippen LogP contribution is 2.32. The molecular weight excluding hydrogens is 276 g/mol. The van der Waals surface area contributed by atoms with Crippen molar-refractivity contribution in [2.24, 2.45) is 0 Å². The zero-order valence-corrected chi connectivity index (χ0v) is 13.4. The predicted octanol–water partition coefficient (Wildman–Crippen LogP) is 4.31. The van der Waals surface area contributed by atoms with Crippen molar-refractivity contribution in [3.8, 4) is 5.75 Å². The van der Waals surface area contributed by atoms with Crippen molar-refractivity contribution in [1.29, 1.82) is 0 Å². The number of para-hydroxylation sites is 1. The molecule has 0 spiro atoms. The maximum Gasteiger partial charge on any atom is 0.330 e. The van der Waals surface area contributed by atoms with Gasteiger partial charge in [0.05, 0.1) is 13.2 Å². The summed E-state index contributed by atoms with van der Waals surface area (Å²) in [6, 6.07) is 8.08. The van der Waals surface area contributed by atoms with Gasteiger partial charge in [-0.15, -0.1) is 0 Å². The summed E-state index contributed by atoms with van der Waals surface area (Å²) in [4.78, 5) is 11.4. The molecule has 3 heteroatoms. The lowest BCUT2D eigenvalue weighted by molar-refractivity contribution is -0.137. The van der Waals surface area contributed by atoms with Gasteiger partial charge in [0.2, 0.25) is 0 Å². The van der Waals surface area contributed by atoms with Gasteiger partial charge in [0.15, 0.2) is 0 Å². The Bertz CT molecular complexity index is 636. The van der Waals surface area contributed by atoms with Gasteiger partial charge in [-0.25, -0.2) is 4.79 Å². The van der Waals surface area contributed by atoms with Crippen LogP contribution in [0.4, 0.5) is 0 Å². The van der Waals surface area contributed by atoms with Crippen LogP contribution in [0.2, 0.25) is 0 Å². The van der Waals surface area contributed by atoms with E-state index in [4.69, 9.17) is 9.47 Å². The van der Waals surface area contributed by atoms with E-state index >= 15 is 0 Å². The number of benzene rings is 1. The van der Waals surface area contributed by atoms with Crippen LogP contribution in [0.25, 0.3) is 5.57 Å². The topological polar surface area (TPSA) is 35.5 Å². The standard InChI is InChI=1S/C19H22O3/c1-4-21-19(20)13-14(2)9-10-16-11-12-22-18-8-6-5-7-17(18)15(16)3/h5-10,13H,4,11-12H2,1-3H3/b10-9+,14-13+. The third-order valence-electron chi connectivity index (χ3n) is 3.58. The van der Waals surface area contributed by atoms with E-state index in [0.29, 0.717) is 13.2 Å². The zero-order chi connectivity index (χ0) is 15.9. The molecule has 0 bridgehead atoms. The first-order valence-corrected chi connectivity index (χ1v) is 7.57. The molecule has 116 valence electrons. The largest absolute Gasteiger partial charge is 0.493 e. The minimum absolute atomic E-state index is 0.301. The van der Waals surface area contributed by atoms with Crippen molar-refractivity contribution in [3.05, 3.63) is 59.2 Å². The molecule has 3 nitrogen and oxygen atoms in total. The number of hydrogen-bond acceptors (Lipinski definition) is 3. The molecule has 0 saturated carbocycles. The quantitative estimate of drug-likeness (QED) is 0.472. The van der Waals surface area contributed by atoms with Gasteiger partial charge in [0.1, 0.15) is 5.75 Å². The smallest absolute Gasteiger partial charge is 0.330 e. The van der Waals surface area contributed by atoms with Crippen LogP contribution in [0.15, 0.2) is 53.6 Å². The number of fused-ring (bicyclic) bond motifs is 1. The summed E-state index contributed by atoms with van der Waals surface area (Å²) >= 11 is 0. The first kappa shape index (κ1) is 16.1. The molecule has 22 heavy (non-hydrogen) atoms. The molecule has 1 aromatic carbocycles. The van der Waals surface area contributed by atoms with E-state index in [1.54, 1.807) is 6.92 Å². The van der Waals surface area contributed by atoms with Crippen LogP contribution in [-0.4, -0.2) is 19.2 Å². The second-order valence-corrected chi connectivity index (χ2v) is 5.22. The monoisotopic (exact) mass is 298 g/mol. The van der Waals surface area contributed by atoms with Crippen molar-refractivity contribution in [2.75, 3.05) is 13.2 Å². The number of esters is 1. The molecule has 0 unspecified atom stereocenters. The fraction of sp³-hybridized carbons (Fsp3) is 0.316. The number of hydrogen-bond donors (Lipinski definition) is 0. The van der Waals surface area contributed by atoms with Gasteiger partial charge in [0, 0.05) is 18.1 Å². The summed E-state index contributed by atoms with van der Waals surface area (Å²) < 4.78 is 10.7. The maximum absolute atomic E-state index is 11.4. The molecule has 0 aromatic heterocycles. The summed E-state index contributed by atoms with van der Waals surface area (Å²) in [5.74, 6) is 0.632. The van der Waals surface area contributed by atoms with Crippen LogP contribution in [0.1, 0.15) is 32.8 Å². The Balaban J connectivity index is 2.21. The molecule has 1 heterocycles. The first-order chi connectivity index (χ1) is 10.6. The second kappa shape index (κ2) is 7.64. The number of ether oxygens (including phenoxy) is 2.